The van der Waals surface area contributed by atoms with Crippen LogP contribution >= 0.6 is 0 Å². The molecule has 0 heterocycles. The van der Waals surface area contributed by atoms with Gasteiger partial charge in [0.2, 0.25) is 0 Å². The third-order valence-electron chi connectivity index (χ3n) is 4.77. The van der Waals surface area contributed by atoms with Crippen molar-refractivity contribution in [1.29, 1.82) is 0 Å². The minimum Gasteiger partial charge on any atom is -0.426 e. The Morgan fingerprint density at radius 3 is 1.23 bits per heavy atom. The summed E-state index contributed by atoms with van der Waals surface area (Å²) in [5.41, 5.74) is -3.52. The van der Waals surface area contributed by atoms with Crippen LogP contribution in [0, 0.1) is 5.41 Å². The first-order valence-corrected chi connectivity index (χ1v) is 8.71. The molecule has 1 saturated carbocycles. The van der Waals surface area contributed by atoms with E-state index in [1.165, 1.54) is 0 Å². The summed E-state index contributed by atoms with van der Waals surface area (Å²) in [7, 11) is 0. The minimum absolute atomic E-state index is 0.0892. The fourth-order valence-electron chi connectivity index (χ4n) is 2.86. The van der Waals surface area contributed by atoms with E-state index in [-0.39, 0.29) is 24.3 Å². The summed E-state index contributed by atoms with van der Waals surface area (Å²) in [5.74, 6) is -2.35. The van der Waals surface area contributed by atoms with Crippen LogP contribution < -0.4 is 9.47 Å². The number of hydrogen-bond donors (Lipinski definition) is 0. The van der Waals surface area contributed by atoms with Crippen molar-refractivity contribution in [1.82, 2.24) is 0 Å². The van der Waals surface area contributed by atoms with Gasteiger partial charge in [-0.2, -0.15) is 26.3 Å². The van der Waals surface area contributed by atoms with Crippen LogP contribution in [0.2, 0.25) is 0 Å². The van der Waals surface area contributed by atoms with Crippen LogP contribution in [0.25, 0.3) is 0 Å². The van der Waals surface area contributed by atoms with Crippen molar-refractivity contribution in [3.63, 3.8) is 0 Å². The number of carbonyl (C=O) groups excluding carboxylic acids is 2. The number of hydrogen-bond acceptors (Lipinski definition) is 4. The van der Waals surface area contributed by atoms with Crippen molar-refractivity contribution in [3.8, 4) is 11.5 Å². The highest BCUT2D eigenvalue weighted by Crippen LogP contribution is 2.44. The standard InChI is InChI=1S/C20H14F6O4/c21-19(22,23)12-2-6-14(7-3-12)29-16(27)18(10-1-11-18)17(28)30-15-8-4-13(5-9-15)20(24,25)26/h2-9H,1,10-11H2. The average molecular weight is 432 g/mol. The zero-order chi connectivity index (χ0) is 22.2. The molecule has 0 bridgehead atoms. The number of ether oxygens (including phenoxy) is 2. The molecular weight excluding hydrogens is 418 g/mol. The molecule has 0 amide bonds. The van der Waals surface area contributed by atoms with Crippen LogP contribution in [0.4, 0.5) is 26.3 Å². The van der Waals surface area contributed by atoms with Crippen LogP contribution in [0.15, 0.2) is 48.5 Å². The van der Waals surface area contributed by atoms with Crippen molar-refractivity contribution in [3.05, 3.63) is 59.7 Å². The Bertz CT molecular complexity index is 852. The predicted octanol–water partition coefficient (Wildman–Crippen LogP) is 5.41. The Morgan fingerprint density at radius 2 is 1.00 bits per heavy atom. The molecule has 0 spiro atoms. The first kappa shape index (κ1) is 21.7. The van der Waals surface area contributed by atoms with Gasteiger partial charge in [-0.25, -0.2) is 0 Å². The van der Waals surface area contributed by atoms with Crippen LogP contribution in [0.5, 0.6) is 11.5 Å². The van der Waals surface area contributed by atoms with Gasteiger partial charge in [-0.3, -0.25) is 9.59 Å². The van der Waals surface area contributed by atoms with E-state index in [1.54, 1.807) is 0 Å². The number of carbonyl (C=O) groups is 2. The van der Waals surface area contributed by atoms with E-state index in [0.717, 1.165) is 48.5 Å². The molecular formula is C20H14F6O4. The topological polar surface area (TPSA) is 52.6 Å². The highest BCUT2D eigenvalue weighted by atomic mass is 19.4. The Hall–Kier alpha value is -3.04. The zero-order valence-corrected chi connectivity index (χ0v) is 15.1. The molecule has 0 saturated heterocycles. The van der Waals surface area contributed by atoms with Gasteiger partial charge in [0.05, 0.1) is 11.1 Å². The number of rotatable bonds is 4. The second kappa shape index (κ2) is 7.66. The second-order valence-corrected chi connectivity index (χ2v) is 6.76. The highest BCUT2D eigenvalue weighted by molar-refractivity contribution is 6.02. The molecule has 160 valence electrons. The number of alkyl halides is 6. The van der Waals surface area contributed by atoms with E-state index in [4.69, 9.17) is 9.47 Å². The molecule has 0 radical (unpaired) electrons. The molecule has 0 unspecified atom stereocenters. The summed E-state index contributed by atoms with van der Waals surface area (Å²) in [5, 5.41) is 0. The van der Waals surface area contributed by atoms with Gasteiger partial charge in [-0.1, -0.05) is 0 Å². The van der Waals surface area contributed by atoms with E-state index in [2.05, 4.69) is 0 Å². The van der Waals surface area contributed by atoms with E-state index >= 15 is 0 Å². The van der Waals surface area contributed by atoms with Gasteiger partial charge in [0.15, 0.2) is 5.41 Å². The Balaban J connectivity index is 1.70. The van der Waals surface area contributed by atoms with Crippen molar-refractivity contribution in [2.75, 3.05) is 0 Å². The van der Waals surface area contributed by atoms with Gasteiger partial charge in [-0.15, -0.1) is 0 Å². The molecule has 1 aliphatic carbocycles. The van der Waals surface area contributed by atoms with Gasteiger partial charge >= 0.3 is 24.3 Å². The summed E-state index contributed by atoms with van der Waals surface area (Å²) in [6.07, 6.45) is -8.42. The summed E-state index contributed by atoms with van der Waals surface area (Å²) in [4.78, 5) is 25.0. The summed E-state index contributed by atoms with van der Waals surface area (Å²) >= 11 is 0. The maximum atomic E-state index is 12.6. The summed E-state index contributed by atoms with van der Waals surface area (Å²) in [6, 6.07) is 6.74. The highest BCUT2D eigenvalue weighted by Gasteiger charge is 2.54. The molecule has 0 atom stereocenters. The molecule has 1 aliphatic rings. The van der Waals surface area contributed by atoms with Crippen molar-refractivity contribution in [2.24, 2.45) is 5.41 Å². The van der Waals surface area contributed by atoms with E-state index in [9.17, 15) is 35.9 Å². The van der Waals surface area contributed by atoms with Crippen molar-refractivity contribution in [2.45, 2.75) is 31.6 Å². The lowest BCUT2D eigenvalue weighted by atomic mass is 9.69. The SMILES string of the molecule is O=C(Oc1ccc(C(F)(F)F)cc1)C1(C(=O)Oc2ccc(C(F)(F)F)cc2)CCC1. The Morgan fingerprint density at radius 1 is 0.667 bits per heavy atom. The van der Waals surface area contributed by atoms with E-state index in [0.29, 0.717) is 6.42 Å². The molecule has 0 aromatic heterocycles. The Labute approximate surface area is 166 Å². The molecule has 30 heavy (non-hydrogen) atoms. The van der Waals surface area contributed by atoms with Gasteiger partial charge in [0, 0.05) is 0 Å². The molecule has 0 N–H and O–H groups in total. The predicted molar refractivity (Wildman–Crippen MR) is 90.4 cm³/mol. The summed E-state index contributed by atoms with van der Waals surface area (Å²) in [6.45, 7) is 0. The molecule has 10 heteroatoms. The van der Waals surface area contributed by atoms with Crippen LogP contribution in [0.3, 0.4) is 0 Å². The maximum Gasteiger partial charge on any atom is 0.416 e. The van der Waals surface area contributed by atoms with Crippen LogP contribution in [0.1, 0.15) is 30.4 Å². The number of halogens is 6. The fraction of sp³-hybridized carbons (Fsp3) is 0.300. The normalized spacial score (nSPS) is 15.8. The smallest absolute Gasteiger partial charge is 0.416 e. The minimum atomic E-state index is -4.55. The van der Waals surface area contributed by atoms with E-state index in [1.807, 2.05) is 0 Å². The molecule has 2 aromatic rings. The first-order chi connectivity index (χ1) is 13.9. The lowest BCUT2D eigenvalue weighted by Gasteiger charge is -2.36. The molecule has 4 nitrogen and oxygen atoms in total. The van der Waals surface area contributed by atoms with Gasteiger partial charge < -0.3 is 9.47 Å². The van der Waals surface area contributed by atoms with E-state index < -0.39 is 40.8 Å². The van der Waals surface area contributed by atoms with Crippen molar-refractivity contribution < 1.29 is 45.4 Å². The molecule has 2 aromatic carbocycles. The maximum absolute atomic E-state index is 12.6. The monoisotopic (exact) mass is 432 g/mol. The Kier molecular flexibility index (Phi) is 5.53. The van der Waals surface area contributed by atoms with Gasteiger partial charge in [0.25, 0.3) is 0 Å². The zero-order valence-electron chi connectivity index (χ0n) is 15.1. The summed E-state index contributed by atoms with van der Waals surface area (Å²) < 4.78 is 85.8. The fourth-order valence-corrected chi connectivity index (χ4v) is 2.86. The third kappa shape index (κ3) is 4.42. The second-order valence-electron chi connectivity index (χ2n) is 6.76. The lowest BCUT2D eigenvalue weighted by Crippen LogP contribution is -2.49. The lowest BCUT2D eigenvalue weighted by molar-refractivity contribution is -0.167. The quantitative estimate of drug-likeness (QED) is 0.281. The third-order valence-corrected chi connectivity index (χ3v) is 4.77. The van der Waals surface area contributed by atoms with Crippen LogP contribution in [-0.2, 0) is 21.9 Å². The largest absolute Gasteiger partial charge is 0.426 e. The van der Waals surface area contributed by atoms with Gasteiger partial charge in [-0.05, 0) is 67.8 Å². The van der Waals surface area contributed by atoms with Gasteiger partial charge in [0.1, 0.15) is 11.5 Å². The average Bonchev–Trinajstić information content (AvgIpc) is 2.60. The molecule has 1 fully saturated rings. The first-order valence-electron chi connectivity index (χ1n) is 8.71. The van der Waals surface area contributed by atoms with Crippen molar-refractivity contribution >= 4 is 11.9 Å². The molecule has 0 aliphatic heterocycles. The number of benzene rings is 2. The van der Waals surface area contributed by atoms with Crippen LogP contribution in [-0.4, -0.2) is 11.9 Å². The molecule has 3 rings (SSSR count). The number of esters is 2.